The van der Waals surface area contributed by atoms with E-state index in [-0.39, 0.29) is 17.0 Å². The number of ether oxygens (including phenoxy) is 2. The molecule has 3 nitrogen and oxygen atoms in total. The van der Waals surface area contributed by atoms with Crippen LogP contribution >= 0.6 is 0 Å². The molecule has 2 rings (SSSR count). The summed E-state index contributed by atoms with van der Waals surface area (Å²) in [7, 11) is 0. The molecule has 0 aromatic heterocycles. The van der Waals surface area contributed by atoms with Crippen LogP contribution in [0.25, 0.3) is 0 Å². The highest BCUT2D eigenvalue weighted by atomic mass is 16.7. The lowest BCUT2D eigenvalue weighted by Crippen LogP contribution is -2.51. The van der Waals surface area contributed by atoms with Crippen LogP contribution in [-0.2, 0) is 14.3 Å². The Labute approximate surface area is 97.5 Å². The van der Waals surface area contributed by atoms with Crippen LogP contribution in [0, 0.1) is 5.41 Å². The summed E-state index contributed by atoms with van der Waals surface area (Å²) in [5.41, 5.74) is -0.725. The van der Waals surface area contributed by atoms with Crippen molar-refractivity contribution in [3.8, 4) is 0 Å². The fourth-order valence-electron chi connectivity index (χ4n) is 3.22. The normalized spacial score (nSPS) is 39.2. The van der Waals surface area contributed by atoms with Gasteiger partial charge < -0.3 is 9.47 Å². The molecule has 2 unspecified atom stereocenters. The van der Waals surface area contributed by atoms with Crippen LogP contribution in [0.3, 0.4) is 0 Å². The van der Waals surface area contributed by atoms with Gasteiger partial charge in [0, 0.05) is 0 Å². The summed E-state index contributed by atoms with van der Waals surface area (Å²) in [4.78, 5) is 12.1. The van der Waals surface area contributed by atoms with Crippen molar-refractivity contribution in [1.82, 2.24) is 0 Å². The number of hydrogen-bond donors (Lipinski definition) is 0. The van der Waals surface area contributed by atoms with Gasteiger partial charge in [-0.25, -0.2) is 4.79 Å². The first-order valence-corrected chi connectivity index (χ1v) is 6.33. The molecule has 1 aliphatic carbocycles. The summed E-state index contributed by atoms with van der Waals surface area (Å²) in [6.45, 7) is 8.74. The van der Waals surface area contributed by atoms with E-state index in [2.05, 4.69) is 20.8 Å². The minimum atomic E-state index is -0.625. The van der Waals surface area contributed by atoms with Crippen molar-refractivity contribution in [3.63, 3.8) is 0 Å². The van der Waals surface area contributed by atoms with E-state index < -0.39 is 5.60 Å². The number of hydrogen-bond acceptors (Lipinski definition) is 3. The molecule has 1 spiro atoms. The van der Waals surface area contributed by atoms with Crippen molar-refractivity contribution in [3.05, 3.63) is 0 Å². The number of rotatable bonds is 4. The van der Waals surface area contributed by atoms with Crippen LogP contribution in [0.15, 0.2) is 0 Å². The number of carbonyl (C=O) groups excluding carboxylic acids is 1. The Morgan fingerprint density at radius 2 is 2.00 bits per heavy atom. The third-order valence-electron chi connectivity index (χ3n) is 4.36. The van der Waals surface area contributed by atoms with E-state index in [0.717, 1.165) is 25.7 Å². The topological polar surface area (TPSA) is 38.8 Å². The minimum Gasteiger partial charge on any atom is -0.464 e. The third kappa shape index (κ3) is 1.21. The molecule has 1 saturated carbocycles. The van der Waals surface area contributed by atoms with Crippen LogP contribution in [0.5, 0.6) is 0 Å². The Bertz CT molecular complexity index is 310. The second-order valence-corrected chi connectivity index (χ2v) is 5.61. The van der Waals surface area contributed by atoms with Crippen molar-refractivity contribution >= 4 is 5.97 Å². The highest BCUT2D eigenvalue weighted by Crippen LogP contribution is 2.71. The summed E-state index contributed by atoms with van der Waals surface area (Å²) in [5, 5.41) is 0. The predicted molar refractivity (Wildman–Crippen MR) is 61.1 cm³/mol. The molecule has 0 aromatic carbocycles. The van der Waals surface area contributed by atoms with Gasteiger partial charge in [-0.2, -0.15) is 0 Å². The van der Waals surface area contributed by atoms with Crippen LogP contribution < -0.4 is 0 Å². The molecular formula is C13H22O3. The Balaban J connectivity index is 2.19. The van der Waals surface area contributed by atoms with Crippen LogP contribution in [0.2, 0.25) is 0 Å². The van der Waals surface area contributed by atoms with E-state index in [1.165, 1.54) is 0 Å². The molecule has 2 fully saturated rings. The monoisotopic (exact) mass is 226 g/mol. The molecule has 16 heavy (non-hydrogen) atoms. The molecule has 1 heterocycles. The maximum Gasteiger partial charge on any atom is 0.341 e. The van der Waals surface area contributed by atoms with Crippen molar-refractivity contribution in [1.29, 1.82) is 0 Å². The Morgan fingerprint density at radius 3 is 2.31 bits per heavy atom. The van der Waals surface area contributed by atoms with Crippen molar-refractivity contribution < 1.29 is 14.3 Å². The van der Waals surface area contributed by atoms with E-state index in [4.69, 9.17) is 9.47 Å². The van der Waals surface area contributed by atoms with Gasteiger partial charge in [-0.1, -0.05) is 27.2 Å². The van der Waals surface area contributed by atoms with Gasteiger partial charge in [-0.05, 0) is 31.6 Å². The molecule has 1 saturated heterocycles. The van der Waals surface area contributed by atoms with Gasteiger partial charge >= 0.3 is 5.97 Å². The average Bonchev–Trinajstić information content (AvgIpc) is 2.91. The molecule has 1 aliphatic heterocycles. The predicted octanol–water partition coefficient (Wildman–Crippen LogP) is 2.68. The second-order valence-electron chi connectivity index (χ2n) is 5.61. The molecule has 0 aromatic rings. The Hall–Kier alpha value is -0.570. The second kappa shape index (κ2) is 3.46. The van der Waals surface area contributed by atoms with Gasteiger partial charge in [-0.3, -0.25) is 0 Å². The lowest BCUT2D eigenvalue weighted by molar-refractivity contribution is -0.150. The van der Waals surface area contributed by atoms with Gasteiger partial charge in [0.15, 0.2) is 5.60 Å². The molecule has 0 bridgehead atoms. The van der Waals surface area contributed by atoms with Gasteiger partial charge in [0.1, 0.15) is 5.60 Å². The fraction of sp³-hybridized carbons (Fsp3) is 0.923. The molecule has 0 N–H and O–H groups in total. The summed E-state index contributed by atoms with van der Waals surface area (Å²) < 4.78 is 11.1. The molecule has 0 radical (unpaired) electrons. The molecule has 2 atom stereocenters. The molecule has 3 heteroatoms. The fourth-order valence-corrected chi connectivity index (χ4v) is 3.22. The van der Waals surface area contributed by atoms with Gasteiger partial charge in [-0.15, -0.1) is 0 Å². The van der Waals surface area contributed by atoms with E-state index in [1.54, 1.807) is 0 Å². The minimum absolute atomic E-state index is 0.120. The number of epoxide rings is 1. The quantitative estimate of drug-likeness (QED) is 0.546. The zero-order chi connectivity index (χ0) is 12.0. The third-order valence-corrected chi connectivity index (χ3v) is 4.36. The number of carbonyl (C=O) groups is 1. The van der Waals surface area contributed by atoms with Crippen molar-refractivity contribution in [2.45, 2.75) is 64.6 Å². The Morgan fingerprint density at radius 1 is 1.31 bits per heavy atom. The van der Waals surface area contributed by atoms with Gasteiger partial charge in [0.2, 0.25) is 0 Å². The summed E-state index contributed by atoms with van der Waals surface area (Å²) in [6, 6.07) is 0. The van der Waals surface area contributed by atoms with Gasteiger partial charge in [0.05, 0.1) is 6.61 Å². The summed E-state index contributed by atoms with van der Waals surface area (Å²) >= 11 is 0. The Kier molecular flexibility index (Phi) is 2.57. The van der Waals surface area contributed by atoms with E-state index in [1.807, 2.05) is 6.92 Å². The molecular weight excluding hydrogens is 204 g/mol. The van der Waals surface area contributed by atoms with E-state index in [9.17, 15) is 4.79 Å². The SMILES string of the molecule is CCCC1(C(=O)OCC)OC12CCC2(C)C. The van der Waals surface area contributed by atoms with Gasteiger partial charge in [0.25, 0.3) is 0 Å². The lowest BCUT2D eigenvalue weighted by Gasteiger charge is -2.44. The largest absolute Gasteiger partial charge is 0.464 e. The first-order valence-electron chi connectivity index (χ1n) is 6.33. The van der Waals surface area contributed by atoms with Crippen molar-refractivity contribution in [2.24, 2.45) is 5.41 Å². The van der Waals surface area contributed by atoms with Crippen LogP contribution in [0.1, 0.15) is 53.4 Å². The maximum absolute atomic E-state index is 12.1. The zero-order valence-corrected chi connectivity index (χ0v) is 10.8. The van der Waals surface area contributed by atoms with E-state index in [0.29, 0.717) is 6.61 Å². The van der Waals surface area contributed by atoms with Crippen LogP contribution in [0.4, 0.5) is 0 Å². The molecule has 2 aliphatic rings. The lowest BCUT2D eigenvalue weighted by atomic mass is 9.57. The first-order chi connectivity index (χ1) is 7.46. The smallest absolute Gasteiger partial charge is 0.341 e. The highest BCUT2D eigenvalue weighted by Gasteiger charge is 2.83. The zero-order valence-electron chi connectivity index (χ0n) is 10.8. The summed E-state index contributed by atoms with van der Waals surface area (Å²) in [5.74, 6) is -0.148. The summed E-state index contributed by atoms with van der Waals surface area (Å²) in [6.07, 6.45) is 3.88. The maximum atomic E-state index is 12.1. The number of esters is 1. The highest BCUT2D eigenvalue weighted by molar-refractivity contribution is 5.85. The standard InChI is InChI=1S/C13H22O3/c1-5-7-12(10(14)15-6-2)13(16-12)9-8-11(13,3)4/h5-9H2,1-4H3. The first kappa shape index (κ1) is 11.9. The average molecular weight is 226 g/mol. The van der Waals surface area contributed by atoms with E-state index >= 15 is 0 Å². The molecule has 0 amide bonds. The van der Waals surface area contributed by atoms with Crippen molar-refractivity contribution in [2.75, 3.05) is 6.61 Å². The molecule has 92 valence electrons. The van der Waals surface area contributed by atoms with Crippen LogP contribution in [-0.4, -0.2) is 23.8 Å².